The Morgan fingerprint density at radius 2 is 1.67 bits per heavy atom. The molecule has 1 aliphatic heterocycles. The molecule has 6 atom stereocenters. The van der Waals surface area contributed by atoms with Crippen LogP contribution in [0.5, 0.6) is 0 Å². The molecule has 0 radical (unpaired) electrons. The van der Waals surface area contributed by atoms with E-state index in [1.165, 1.54) is 6.92 Å². The van der Waals surface area contributed by atoms with Crippen LogP contribution in [-0.2, 0) is 18.3 Å². The summed E-state index contributed by atoms with van der Waals surface area (Å²) in [5, 5.41) is 28.6. The predicted molar refractivity (Wildman–Crippen MR) is 58.9 cm³/mol. The van der Waals surface area contributed by atoms with Gasteiger partial charge in [0.05, 0.1) is 6.10 Å². The highest BCUT2D eigenvalue weighted by atomic mass is 31.2. The van der Waals surface area contributed by atoms with Crippen molar-refractivity contribution in [3.63, 3.8) is 0 Å². The third-order valence-corrected chi connectivity index (χ3v) is 4.89. The number of hydrogen-bond donors (Lipinski definition) is 3. The fourth-order valence-corrected chi connectivity index (χ4v) is 2.92. The van der Waals surface area contributed by atoms with Gasteiger partial charge in [-0.3, -0.25) is 4.57 Å². The van der Waals surface area contributed by atoms with Gasteiger partial charge in [0, 0.05) is 14.2 Å². The predicted octanol–water partition coefficient (Wildman–Crippen LogP) is -0.362. The molecule has 1 aliphatic rings. The van der Waals surface area contributed by atoms with E-state index in [1.807, 2.05) is 0 Å². The van der Waals surface area contributed by atoms with Gasteiger partial charge in [0.1, 0.15) is 24.4 Å². The highest BCUT2D eigenvalue weighted by molar-refractivity contribution is 7.54. The van der Waals surface area contributed by atoms with Crippen molar-refractivity contribution in [2.45, 2.75) is 43.4 Å². The Morgan fingerprint density at radius 1 is 1.17 bits per heavy atom. The summed E-state index contributed by atoms with van der Waals surface area (Å²) < 4.78 is 39.9. The van der Waals surface area contributed by atoms with E-state index in [0.717, 1.165) is 14.2 Å². The molecule has 1 unspecified atom stereocenters. The Morgan fingerprint density at radius 3 is 2.11 bits per heavy atom. The number of halogens is 1. The summed E-state index contributed by atoms with van der Waals surface area (Å²) in [6, 6.07) is 0. The zero-order valence-electron chi connectivity index (χ0n) is 10.3. The second-order valence-electron chi connectivity index (χ2n) is 4.06. The second-order valence-corrected chi connectivity index (χ2v) is 6.36. The van der Waals surface area contributed by atoms with Crippen LogP contribution in [0, 0.1) is 0 Å². The van der Waals surface area contributed by atoms with Gasteiger partial charge in [-0.15, -0.1) is 0 Å². The first-order valence-corrected chi connectivity index (χ1v) is 6.94. The number of ether oxygens (including phenoxy) is 1. The Balaban J connectivity index is 2.92. The van der Waals surface area contributed by atoms with Crippen LogP contribution >= 0.6 is 7.60 Å². The molecule has 9 heteroatoms. The summed E-state index contributed by atoms with van der Waals surface area (Å²) in [7, 11) is -2.09. The third-order valence-electron chi connectivity index (χ3n) is 2.97. The number of alkyl halides is 1. The normalized spacial score (nSPS) is 39.6. The lowest BCUT2D eigenvalue weighted by Crippen LogP contribution is -2.59. The average molecular weight is 288 g/mol. The highest BCUT2D eigenvalue weighted by Crippen LogP contribution is 2.55. The standard InChI is InChI=1S/C9H18FO7P/c1-4-5(11)6(12)7(13)8(17-4)9(10)18(14,15-2)16-3/h4-9,11-13H,1-3H3/t4-,5-,6+,7+,8?,9+/m0/s1. The zero-order valence-corrected chi connectivity index (χ0v) is 11.2. The number of rotatable bonds is 4. The van der Waals surface area contributed by atoms with Crippen LogP contribution in [0.1, 0.15) is 6.92 Å². The maximum Gasteiger partial charge on any atom is 0.366 e. The van der Waals surface area contributed by atoms with Gasteiger partial charge in [-0.2, -0.15) is 0 Å². The van der Waals surface area contributed by atoms with Gasteiger partial charge in [0.25, 0.3) is 0 Å². The van der Waals surface area contributed by atoms with E-state index in [9.17, 15) is 24.3 Å². The fourth-order valence-electron chi connectivity index (χ4n) is 1.77. The van der Waals surface area contributed by atoms with Crippen LogP contribution in [0.25, 0.3) is 0 Å². The first-order chi connectivity index (χ1) is 8.28. The maximum atomic E-state index is 14.1. The Bertz CT molecular complexity index is 320. The maximum absolute atomic E-state index is 14.1. The van der Waals surface area contributed by atoms with Crippen molar-refractivity contribution in [3.8, 4) is 0 Å². The van der Waals surface area contributed by atoms with Gasteiger partial charge >= 0.3 is 7.60 Å². The Hall–Kier alpha value is -0.0800. The molecule has 0 aromatic heterocycles. The molecular formula is C9H18FO7P. The lowest BCUT2D eigenvalue weighted by Gasteiger charge is -2.41. The minimum atomic E-state index is -4.10. The number of aliphatic hydroxyl groups is 3. The molecule has 1 fully saturated rings. The van der Waals surface area contributed by atoms with Crippen molar-refractivity contribution in [1.29, 1.82) is 0 Å². The highest BCUT2D eigenvalue weighted by Gasteiger charge is 2.51. The first kappa shape index (κ1) is 16.0. The fraction of sp³-hybridized carbons (Fsp3) is 1.00. The van der Waals surface area contributed by atoms with Crippen molar-refractivity contribution >= 4 is 7.60 Å². The lowest BCUT2D eigenvalue weighted by atomic mass is 9.96. The van der Waals surface area contributed by atoms with Crippen LogP contribution in [0.15, 0.2) is 0 Å². The van der Waals surface area contributed by atoms with E-state index < -0.39 is 44.0 Å². The smallest absolute Gasteiger partial charge is 0.366 e. The van der Waals surface area contributed by atoms with Gasteiger partial charge in [0.15, 0.2) is 0 Å². The van der Waals surface area contributed by atoms with E-state index in [4.69, 9.17) is 4.74 Å². The molecular weight excluding hydrogens is 270 g/mol. The summed E-state index contributed by atoms with van der Waals surface area (Å²) in [5.74, 6) is -2.27. The first-order valence-electron chi connectivity index (χ1n) is 5.33. The summed E-state index contributed by atoms with van der Waals surface area (Å²) in [4.78, 5) is 0. The molecule has 1 saturated heterocycles. The summed E-state index contributed by atoms with van der Waals surface area (Å²) in [6.45, 7) is 1.39. The van der Waals surface area contributed by atoms with Gasteiger partial charge in [-0.25, -0.2) is 4.39 Å². The molecule has 1 rings (SSSR count). The van der Waals surface area contributed by atoms with Crippen LogP contribution in [0.4, 0.5) is 4.39 Å². The van der Waals surface area contributed by atoms with Crippen LogP contribution in [0.2, 0.25) is 0 Å². The van der Waals surface area contributed by atoms with E-state index >= 15 is 0 Å². The SMILES string of the molecule is COP(=O)(OC)[C@@H](F)C1O[C@@H](C)[C@H](O)[C@@H](O)[C@H]1O. The minimum Gasteiger partial charge on any atom is -0.388 e. The van der Waals surface area contributed by atoms with Gasteiger partial charge in [0.2, 0.25) is 5.91 Å². The summed E-state index contributed by atoms with van der Waals surface area (Å²) >= 11 is 0. The number of aliphatic hydroxyl groups excluding tert-OH is 3. The molecule has 0 amide bonds. The zero-order chi connectivity index (χ0) is 14.1. The molecule has 1 heterocycles. The van der Waals surface area contributed by atoms with Gasteiger partial charge in [-0.1, -0.05) is 0 Å². The lowest BCUT2D eigenvalue weighted by molar-refractivity contribution is -0.225. The van der Waals surface area contributed by atoms with Crippen molar-refractivity contribution in [2.24, 2.45) is 0 Å². The van der Waals surface area contributed by atoms with E-state index in [-0.39, 0.29) is 0 Å². The van der Waals surface area contributed by atoms with E-state index in [0.29, 0.717) is 0 Å². The van der Waals surface area contributed by atoms with E-state index in [2.05, 4.69) is 9.05 Å². The molecule has 0 bridgehead atoms. The molecule has 108 valence electrons. The second kappa shape index (κ2) is 5.92. The van der Waals surface area contributed by atoms with Crippen LogP contribution in [0.3, 0.4) is 0 Å². The summed E-state index contributed by atoms with van der Waals surface area (Å²) in [5.41, 5.74) is 0. The van der Waals surface area contributed by atoms with Crippen LogP contribution < -0.4 is 0 Å². The molecule has 0 aromatic rings. The summed E-state index contributed by atoms with van der Waals surface area (Å²) in [6.07, 6.45) is -7.21. The topological polar surface area (TPSA) is 105 Å². The average Bonchev–Trinajstić information content (AvgIpc) is 2.38. The minimum absolute atomic E-state index is 0.922. The molecule has 18 heavy (non-hydrogen) atoms. The monoisotopic (exact) mass is 288 g/mol. The molecule has 7 nitrogen and oxygen atoms in total. The third kappa shape index (κ3) is 2.75. The van der Waals surface area contributed by atoms with Crippen molar-refractivity contribution in [2.75, 3.05) is 14.2 Å². The molecule has 0 saturated carbocycles. The van der Waals surface area contributed by atoms with Crippen molar-refractivity contribution < 1.29 is 38.1 Å². The quantitative estimate of drug-likeness (QED) is 0.606. The Labute approximate surface area is 104 Å². The molecule has 0 aliphatic carbocycles. The van der Waals surface area contributed by atoms with Crippen molar-refractivity contribution in [1.82, 2.24) is 0 Å². The van der Waals surface area contributed by atoms with Crippen LogP contribution in [-0.4, -0.2) is 66.0 Å². The van der Waals surface area contributed by atoms with E-state index in [1.54, 1.807) is 0 Å². The molecule has 3 N–H and O–H groups in total. The molecule has 0 spiro atoms. The Kier molecular flexibility index (Phi) is 5.25. The van der Waals surface area contributed by atoms with Gasteiger partial charge in [-0.05, 0) is 6.92 Å². The van der Waals surface area contributed by atoms with Gasteiger partial charge < -0.3 is 29.1 Å². The number of hydrogen-bond acceptors (Lipinski definition) is 7. The molecule has 0 aromatic carbocycles. The van der Waals surface area contributed by atoms with Crippen molar-refractivity contribution in [3.05, 3.63) is 0 Å². The largest absolute Gasteiger partial charge is 0.388 e.